The Bertz CT molecular complexity index is 1850. The number of rotatable bonds is 10. The molecule has 7 saturated carbocycles. The second-order valence-corrected chi connectivity index (χ2v) is 22.7. The average Bonchev–Trinajstić information content (AvgIpc) is 3.81. The molecule has 10 nitrogen and oxygen atoms in total. The highest BCUT2D eigenvalue weighted by Crippen LogP contribution is 2.71. The molecule has 9 aliphatic rings. The van der Waals surface area contributed by atoms with E-state index in [4.69, 9.17) is 14.2 Å². The number of ketones is 4. The lowest BCUT2D eigenvalue weighted by Gasteiger charge is -2.61. The van der Waals surface area contributed by atoms with E-state index in [0.29, 0.717) is 106 Å². The van der Waals surface area contributed by atoms with Crippen molar-refractivity contribution in [2.75, 3.05) is 13.2 Å². The van der Waals surface area contributed by atoms with Crippen molar-refractivity contribution < 1.29 is 48.1 Å². The van der Waals surface area contributed by atoms with Crippen molar-refractivity contribution in [1.82, 2.24) is 0 Å². The minimum Gasteiger partial charge on any atom is -0.466 e. The minimum absolute atomic E-state index is 0.0115. The third kappa shape index (κ3) is 7.33. The van der Waals surface area contributed by atoms with E-state index >= 15 is 0 Å². The zero-order valence-corrected chi connectivity index (χ0v) is 39.0. The molecule has 1 saturated heterocycles. The van der Waals surface area contributed by atoms with E-state index in [9.17, 15) is 33.9 Å². The average molecular weight is 861 g/mol. The summed E-state index contributed by atoms with van der Waals surface area (Å²) in [6, 6.07) is 0. The second-order valence-electron chi connectivity index (χ2n) is 22.7. The fourth-order valence-corrected chi connectivity index (χ4v) is 16.7. The highest BCUT2D eigenvalue weighted by Gasteiger charge is 2.71. The van der Waals surface area contributed by atoms with Gasteiger partial charge in [0.25, 0.3) is 0 Å². The van der Waals surface area contributed by atoms with Gasteiger partial charge in [-0.2, -0.15) is 0 Å². The van der Waals surface area contributed by atoms with Gasteiger partial charge in [-0.15, -0.1) is 0 Å². The van der Waals surface area contributed by atoms with Crippen LogP contribution in [-0.2, 0) is 43.0 Å². The van der Waals surface area contributed by atoms with Crippen molar-refractivity contribution in [3.63, 3.8) is 0 Å². The Kier molecular flexibility index (Phi) is 12.5. The van der Waals surface area contributed by atoms with E-state index in [2.05, 4.69) is 41.5 Å². The summed E-state index contributed by atoms with van der Waals surface area (Å²) >= 11 is 0. The first-order chi connectivity index (χ1) is 29.3. The van der Waals surface area contributed by atoms with Gasteiger partial charge in [-0.05, 0) is 159 Å². The molecule has 62 heavy (non-hydrogen) atoms. The van der Waals surface area contributed by atoms with E-state index in [0.717, 1.165) is 51.4 Å². The Morgan fingerprint density at radius 2 is 1.29 bits per heavy atom. The Morgan fingerprint density at radius 1 is 0.742 bits per heavy atom. The summed E-state index contributed by atoms with van der Waals surface area (Å²) in [6.07, 6.45) is 13.5. The Balaban J connectivity index is 0.000000171. The second kappa shape index (κ2) is 16.9. The van der Waals surface area contributed by atoms with Gasteiger partial charge in [0.1, 0.15) is 23.5 Å². The Hall–Kier alpha value is -2.72. The Morgan fingerprint density at radius 3 is 1.85 bits per heavy atom. The molecular formula is C52H76O10. The standard InChI is InChI=1S/C26H36O5.C26H40O5/c1-5-30-21(29)9-6-14(2)16-7-8-17-22-18(13-20(28)26(16,17)4)25(3)11-10-15(27)12-19(25)23-24(22)31-23;1-5-31-23(30)9-6-15(2)18-7-8-19-24-20(14-22(29)26(18,19)4)25(3)11-10-17(27)12-16(25)13-21(24)28/h12,14,16-18,22-24H,5-11,13H2,1-4H3;15-16,18-21,24,28H,5-14H2,1-4H3/t14-,16-,17+,18+,22+,23-,24+,25-,26-;15-,16+,18-,19+,20+,21-,24+,25+,26-/m11/s1. The summed E-state index contributed by atoms with van der Waals surface area (Å²) in [7, 11) is 0. The van der Waals surface area contributed by atoms with Gasteiger partial charge in [-0.25, -0.2) is 0 Å². The van der Waals surface area contributed by atoms with Gasteiger partial charge in [-0.1, -0.05) is 41.5 Å². The monoisotopic (exact) mass is 861 g/mol. The Labute approximate surface area is 370 Å². The van der Waals surface area contributed by atoms with Gasteiger partial charge in [0.05, 0.1) is 25.4 Å². The SMILES string of the molecule is CCOC(=O)CC[C@@H](C)[C@H]1CC[C@H]2[C@@H]3[C@@H]4O[C@@H]4C4=CC(=O)CC[C@]4(C)[C@H]3CC(=O)[C@]12C.CCOC(=O)CC[C@@H](C)[C@H]1CC[C@H]2[C@@H]3[C@H](O)C[C@@H]4CC(=O)CC[C@]4(C)[C@H]3CC(=O)[C@]12C. The van der Waals surface area contributed by atoms with Crippen LogP contribution in [0.3, 0.4) is 0 Å². The van der Waals surface area contributed by atoms with Crippen LogP contribution in [0, 0.1) is 86.8 Å². The maximum Gasteiger partial charge on any atom is 0.305 e. The summed E-state index contributed by atoms with van der Waals surface area (Å²) < 4.78 is 16.4. The predicted octanol–water partition coefficient (Wildman–Crippen LogP) is 8.62. The number of hydrogen-bond donors (Lipinski definition) is 1. The van der Waals surface area contributed by atoms with Crippen LogP contribution >= 0.6 is 0 Å². The lowest BCUT2D eigenvalue weighted by atomic mass is 9.43. The smallest absolute Gasteiger partial charge is 0.305 e. The van der Waals surface area contributed by atoms with Crippen molar-refractivity contribution in [1.29, 1.82) is 0 Å². The number of carbonyl (C=O) groups is 6. The third-order valence-electron chi connectivity index (χ3n) is 20.2. The van der Waals surface area contributed by atoms with Crippen LogP contribution in [-0.4, -0.2) is 71.7 Å². The predicted molar refractivity (Wildman–Crippen MR) is 232 cm³/mol. The van der Waals surface area contributed by atoms with Crippen LogP contribution in [0.2, 0.25) is 0 Å². The molecule has 0 radical (unpaired) electrons. The van der Waals surface area contributed by atoms with Gasteiger partial charge < -0.3 is 19.3 Å². The zero-order chi connectivity index (χ0) is 44.7. The van der Waals surface area contributed by atoms with E-state index in [1.807, 2.05) is 19.9 Å². The number of fused-ring (bicyclic) bond motifs is 13. The highest BCUT2D eigenvalue weighted by atomic mass is 16.6. The first kappa shape index (κ1) is 45.8. The number of carbonyl (C=O) groups excluding carboxylic acids is 6. The number of aliphatic hydroxyl groups is 1. The molecule has 0 spiro atoms. The summed E-state index contributed by atoms with van der Waals surface area (Å²) in [6.45, 7) is 17.8. The number of epoxide rings is 1. The lowest BCUT2D eigenvalue weighted by molar-refractivity contribution is -0.177. The molecule has 0 bridgehead atoms. The van der Waals surface area contributed by atoms with Crippen LogP contribution in [0.25, 0.3) is 0 Å². The first-order valence-electron chi connectivity index (χ1n) is 24.8. The van der Waals surface area contributed by atoms with Gasteiger partial charge in [0.2, 0.25) is 0 Å². The molecular weight excluding hydrogens is 785 g/mol. The molecule has 10 heteroatoms. The van der Waals surface area contributed by atoms with E-state index < -0.39 is 11.5 Å². The maximum absolute atomic E-state index is 13.8. The highest BCUT2D eigenvalue weighted by molar-refractivity contribution is 5.93. The largest absolute Gasteiger partial charge is 0.466 e. The molecule has 0 amide bonds. The minimum atomic E-state index is -0.417. The molecule has 0 aromatic heterocycles. The molecule has 8 aliphatic carbocycles. The van der Waals surface area contributed by atoms with Gasteiger partial charge in [0.15, 0.2) is 5.78 Å². The summed E-state index contributed by atoms with van der Waals surface area (Å²) in [5, 5.41) is 11.3. The van der Waals surface area contributed by atoms with Gasteiger partial charge in [0, 0.05) is 55.8 Å². The lowest BCUT2D eigenvalue weighted by Crippen LogP contribution is -2.61. The molecule has 1 heterocycles. The van der Waals surface area contributed by atoms with Gasteiger partial charge in [-0.3, -0.25) is 28.8 Å². The molecule has 0 aromatic rings. The van der Waals surface area contributed by atoms with Crippen LogP contribution in [0.1, 0.15) is 158 Å². The zero-order valence-electron chi connectivity index (χ0n) is 39.0. The molecule has 9 rings (SSSR count). The van der Waals surface area contributed by atoms with Crippen LogP contribution in [0.4, 0.5) is 0 Å². The first-order valence-corrected chi connectivity index (χ1v) is 24.8. The van der Waals surface area contributed by atoms with E-state index in [1.165, 1.54) is 5.57 Å². The molecule has 0 unspecified atom stereocenters. The third-order valence-corrected chi connectivity index (χ3v) is 20.2. The summed E-state index contributed by atoms with van der Waals surface area (Å²) in [5.41, 5.74) is 0.338. The molecule has 18 atom stereocenters. The topological polar surface area (TPSA) is 154 Å². The number of hydrogen-bond acceptors (Lipinski definition) is 10. The van der Waals surface area contributed by atoms with Crippen molar-refractivity contribution in [2.45, 2.75) is 176 Å². The normalized spacial score (nSPS) is 45.9. The van der Waals surface area contributed by atoms with Crippen molar-refractivity contribution in [3.05, 3.63) is 11.6 Å². The van der Waals surface area contributed by atoms with Crippen molar-refractivity contribution in [2.24, 2.45) is 86.8 Å². The van der Waals surface area contributed by atoms with Crippen LogP contribution in [0.5, 0.6) is 0 Å². The quantitative estimate of drug-likeness (QED) is 0.167. The fraction of sp³-hybridized carbons (Fsp3) is 0.846. The summed E-state index contributed by atoms with van der Waals surface area (Å²) in [5.74, 6) is 3.96. The van der Waals surface area contributed by atoms with Crippen LogP contribution < -0.4 is 0 Å². The fourth-order valence-electron chi connectivity index (χ4n) is 16.7. The molecule has 0 aromatic carbocycles. The number of esters is 2. The van der Waals surface area contributed by atoms with Crippen molar-refractivity contribution in [3.8, 4) is 0 Å². The number of aliphatic hydroxyl groups excluding tert-OH is 1. The molecule has 344 valence electrons. The van der Waals surface area contributed by atoms with E-state index in [1.54, 1.807) is 0 Å². The number of Topliss-reactive ketones (excluding diaryl/α,β-unsaturated/α-hetero) is 3. The van der Waals surface area contributed by atoms with Crippen molar-refractivity contribution >= 4 is 35.1 Å². The number of ether oxygens (including phenoxy) is 3. The molecule has 1 aliphatic heterocycles. The molecule has 8 fully saturated rings. The van der Waals surface area contributed by atoms with Gasteiger partial charge >= 0.3 is 11.9 Å². The molecule has 1 N–H and O–H groups in total. The maximum atomic E-state index is 13.8. The van der Waals surface area contributed by atoms with E-state index in [-0.39, 0.29) is 87.6 Å². The summed E-state index contributed by atoms with van der Waals surface area (Å²) in [4.78, 5) is 75.5. The van der Waals surface area contributed by atoms with Crippen LogP contribution in [0.15, 0.2) is 11.6 Å².